The molecule has 1 heterocycles. The molecular weight excluding hydrogens is 429 g/mol. The van der Waals surface area contributed by atoms with E-state index >= 15 is 0 Å². The van der Waals surface area contributed by atoms with E-state index in [4.69, 9.17) is 0 Å². The standard InChI is InChI=1S/C22H19F3N2O3S/c23-22(24,25)17-7-3-8-18(14-17)26-21(28)20-9-4-12-27(20)31(29,30)19-11-10-15-5-1-2-6-16(15)13-19/h1-3,5-8,10-11,13-14,20H,4,9,12H2,(H,26,28). The number of nitrogens with one attached hydrogen (secondary N) is 1. The molecule has 3 aromatic carbocycles. The summed E-state index contributed by atoms with van der Waals surface area (Å²) in [6.07, 6.45) is -3.77. The molecule has 3 aromatic rings. The van der Waals surface area contributed by atoms with Gasteiger partial charge < -0.3 is 5.32 Å². The average Bonchev–Trinajstić information content (AvgIpc) is 3.24. The Balaban J connectivity index is 1.58. The van der Waals surface area contributed by atoms with Gasteiger partial charge in [0.1, 0.15) is 6.04 Å². The summed E-state index contributed by atoms with van der Waals surface area (Å²) in [4.78, 5) is 12.9. The molecule has 0 saturated carbocycles. The molecule has 0 bridgehead atoms. The number of alkyl halides is 3. The van der Waals surface area contributed by atoms with Gasteiger partial charge in [-0.05, 0) is 53.9 Å². The van der Waals surface area contributed by atoms with E-state index in [1.54, 1.807) is 24.3 Å². The Labute approximate surface area is 177 Å². The van der Waals surface area contributed by atoms with Crippen molar-refractivity contribution in [2.24, 2.45) is 0 Å². The van der Waals surface area contributed by atoms with E-state index < -0.39 is 33.7 Å². The molecule has 31 heavy (non-hydrogen) atoms. The van der Waals surface area contributed by atoms with E-state index in [9.17, 15) is 26.4 Å². The van der Waals surface area contributed by atoms with Crippen LogP contribution >= 0.6 is 0 Å². The van der Waals surface area contributed by atoms with E-state index in [1.165, 1.54) is 18.2 Å². The first-order valence-electron chi connectivity index (χ1n) is 9.65. The molecule has 5 nitrogen and oxygen atoms in total. The Morgan fingerprint density at radius 3 is 2.45 bits per heavy atom. The van der Waals surface area contributed by atoms with Crippen LogP contribution in [0.5, 0.6) is 0 Å². The number of fused-ring (bicyclic) bond motifs is 1. The van der Waals surface area contributed by atoms with Gasteiger partial charge in [0.05, 0.1) is 10.5 Å². The number of rotatable bonds is 4. The Morgan fingerprint density at radius 1 is 0.968 bits per heavy atom. The topological polar surface area (TPSA) is 66.5 Å². The van der Waals surface area contributed by atoms with Crippen molar-refractivity contribution in [1.29, 1.82) is 0 Å². The lowest BCUT2D eigenvalue weighted by atomic mass is 10.1. The van der Waals surface area contributed by atoms with Gasteiger partial charge in [-0.3, -0.25) is 4.79 Å². The SMILES string of the molecule is O=C(Nc1cccc(C(F)(F)F)c1)C1CCCN1S(=O)(=O)c1ccc2ccccc2c1. The molecule has 1 atom stereocenters. The second-order valence-corrected chi connectivity index (χ2v) is 9.24. The van der Waals surface area contributed by atoms with Crippen LogP contribution in [-0.4, -0.2) is 31.2 Å². The van der Waals surface area contributed by atoms with Gasteiger partial charge in [0, 0.05) is 12.2 Å². The number of anilines is 1. The number of sulfonamides is 1. The van der Waals surface area contributed by atoms with Gasteiger partial charge in [-0.1, -0.05) is 36.4 Å². The second kappa shape index (κ2) is 7.97. The largest absolute Gasteiger partial charge is 0.416 e. The Morgan fingerprint density at radius 2 is 1.71 bits per heavy atom. The van der Waals surface area contributed by atoms with Crippen LogP contribution in [0, 0.1) is 0 Å². The number of carbonyl (C=O) groups excluding carboxylic acids is 1. The smallest absolute Gasteiger partial charge is 0.325 e. The summed E-state index contributed by atoms with van der Waals surface area (Å²) in [5.74, 6) is -0.652. The van der Waals surface area contributed by atoms with Crippen LogP contribution in [0.15, 0.2) is 71.6 Å². The first kappa shape index (κ1) is 21.3. The number of carbonyl (C=O) groups is 1. The van der Waals surface area contributed by atoms with E-state index in [1.807, 2.05) is 12.1 Å². The van der Waals surface area contributed by atoms with Crippen molar-refractivity contribution >= 4 is 32.4 Å². The Hall–Kier alpha value is -2.91. The molecule has 0 spiro atoms. The number of nitrogens with zero attached hydrogens (tertiary/aromatic N) is 1. The van der Waals surface area contributed by atoms with Crippen LogP contribution in [0.4, 0.5) is 18.9 Å². The van der Waals surface area contributed by atoms with Crippen LogP contribution < -0.4 is 5.32 Å². The first-order valence-corrected chi connectivity index (χ1v) is 11.1. The first-order chi connectivity index (χ1) is 14.7. The van der Waals surface area contributed by atoms with Crippen molar-refractivity contribution in [1.82, 2.24) is 4.31 Å². The van der Waals surface area contributed by atoms with Crippen LogP contribution in [0.25, 0.3) is 10.8 Å². The van der Waals surface area contributed by atoms with Crippen LogP contribution in [0.1, 0.15) is 18.4 Å². The number of halogens is 3. The molecule has 1 aliphatic rings. The molecule has 0 aromatic heterocycles. The molecule has 1 fully saturated rings. The fourth-order valence-electron chi connectivity index (χ4n) is 3.75. The average molecular weight is 448 g/mol. The van der Waals surface area contributed by atoms with E-state index in [-0.39, 0.29) is 23.5 Å². The van der Waals surface area contributed by atoms with Crippen LogP contribution in [-0.2, 0) is 21.0 Å². The van der Waals surface area contributed by atoms with Crippen molar-refractivity contribution in [3.05, 3.63) is 72.3 Å². The highest BCUT2D eigenvalue weighted by molar-refractivity contribution is 7.89. The lowest BCUT2D eigenvalue weighted by Crippen LogP contribution is -2.43. The fraction of sp³-hybridized carbons (Fsp3) is 0.227. The van der Waals surface area contributed by atoms with Crippen molar-refractivity contribution < 1.29 is 26.4 Å². The van der Waals surface area contributed by atoms with Crippen LogP contribution in [0.3, 0.4) is 0 Å². The molecule has 0 aliphatic carbocycles. The van der Waals surface area contributed by atoms with E-state index in [0.717, 1.165) is 27.2 Å². The third-order valence-electron chi connectivity index (χ3n) is 5.29. The molecule has 1 saturated heterocycles. The highest BCUT2D eigenvalue weighted by Crippen LogP contribution is 2.32. The summed E-state index contributed by atoms with van der Waals surface area (Å²) in [6, 6.07) is 15.4. The normalized spacial score (nSPS) is 17.7. The molecule has 1 unspecified atom stereocenters. The highest BCUT2D eigenvalue weighted by atomic mass is 32.2. The van der Waals surface area contributed by atoms with Crippen molar-refractivity contribution in [2.45, 2.75) is 30.0 Å². The van der Waals surface area contributed by atoms with Gasteiger partial charge >= 0.3 is 6.18 Å². The summed E-state index contributed by atoms with van der Waals surface area (Å²) in [7, 11) is -3.96. The van der Waals surface area contributed by atoms with Gasteiger partial charge in [-0.15, -0.1) is 0 Å². The lowest BCUT2D eigenvalue weighted by Gasteiger charge is -2.23. The van der Waals surface area contributed by atoms with E-state index in [0.29, 0.717) is 6.42 Å². The molecule has 1 amide bonds. The third-order valence-corrected chi connectivity index (χ3v) is 7.20. The van der Waals surface area contributed by atoms with Crippen LogP contribution in [0.2, 0.25) is 0 Å². The summed E-state index contributed by atoms with van der Waals surface area (Å²) in [6.45, 7) is 0.163. The minimum Gasteiger partial charge on any atom is -0.325 e. The van der Waals surface area contributed by atoms with Gasteiger partial charge in [-0.25, -0.2) is 8.42 Å². The summed E-state index contributed by atoms with van der Waals surface area (Å²) in [5.41, 5.74) is -0.924. The predicted octanol–water partition coefficient (Wildman–Crippen LogP) is 4.65. The zero-order valence-corrected chi connectivity index (χ0v) is 17.1. The Kier molecular flexibility index (Phi) is 5.49. The quantitative estimate of drug-likeness (QED) is 0.632. The second-order valence-electron chi connectivity index (χ2n) is 7.35. The van der Waals surface area contributed by atoms with Gasteiger partial charge in [0.2, 0.25) is 15.9 Å². The number of amides is 1. The fourth-order valence-corrected chi connectivity index (χ4v) is 5.44. The molecule has 1 N–H and O–H groups in total. The highest BCUT2D eigenvalue weighted by Gasteiger charge is 2.39. The molecule has 0 radical (unpaired) electrons. The number of benzene rings is 3. The zero-order valence-electron chi connectivity index (χ0n) is 16.3. The molecule has 4 rings (SSSR count). The van der Waals surface area contributed by atoms with Gasteiger partial charge in [0.25, 0.3) is 0 Å². The van der Waals surface area contributed by atoms with Gasteiger partial charge in [0.15, 0.2) is 0 Å². The number of hydrogen-bond acceptors (Lipinski definition) is 3. The summed E-state index contributed by atoms with van der Waals surface area (Å²) in [5, 5.41) is 4.08. The van der Waals surface area contributed by atoms with Crippen molar-refractivity contribution in [2.75, 3.05) is 11.9 Å². The van der Waals surface area contributed by atoms with Crippen molar-refractivity contribution in [3.63, 3.8) is 0 Å². The summed E-state index contributed by atoms with van der Waals surface area (Å²) < 4.78 is 66.4. The Bertz CT molecular complexity index is 1240. The maximum absolute atomic E-state index is 13.2. The van der Waals surface area contributed by atoms with E-state index in [2.05, 4.69) is 5.32 Å². The maximum atomic E-state index is 13.2. The maximum Gasteiger partial charge on any atom is 0.416 e. The molecule has 1 aliphatic heterocycles. The summed E-state index contributed by atoms with van der Waals surface area (Å²) >= 11 is 0. The minimum atomic E-state index is -4.54. The third kappa shape index (κ3) is 4.28. The zero-order chi connectivity index (χ0) is 22.2. The monoisotopic (exact) mass is 448 g/mol. The molecular formula is C22H19F3N2O3S. The molecule has 9 heteroatoms. The predicted molar refractivity (Wildman–Crippen MR) is 111 cm³/mol. The van der Waals surface area contributed by atoms with Crippen molar-refractivity contribution in [3.8, 4) is 0 Å². The minimum absolute atomic E-state index is 0.0326. The van der Waals surface area contributed by atoms with Gasteiger partial charge in [-0.2, -0.15) is 17.5 Å². The molecule has 162 valence electrons. The number of hydrogen-bond donors (Lipinski definition) is 1. The lowest BCUT2D eigenvalue weighted by molar-refractivity contribution is -0.137.